The Labute approximate surface area is 86.3 Å². The van der Waals surface area contributed by atoms with E-state index in [1.165, 1.54) is 5.56 Å². The summed E-state index contributed by atoms with van der Waals surface area (Å²) < 4.78 is 0. The number of aryl methyl sites for hydroxylation is 1. The summed E-state index contributed by atoms with van der Waals surface area (Å²) in [4.78, 5) is 18.0. The van der Waals surface area contributed by atoms with Crippen molar-refractivity contribution in [2.24, 2.45) is 5.73 Å². The molecule has 14 heavy (non-hydrogen) atoms. The highest BCUT2D eigenvalue weighted by Gasteiger charge is 2.15. The van der Waals surface area contributed by atoms with Gasteiger partial charge in [0.1, 0.15) is 0 Å². The van der Waals surface area contributed by atoms with Gasteiger partial charge < -0.3 is 10.7 Å². The molecule has 0 unspecified atom stereocenters. The molecule has 1 aliphatic heterocycles. The maximum absolute atomic E-state index is 11.2. The molecule has 0 radical (unpaired) electrons. The van der Waals surface area contributed by atoms with E-state index in [-0.39, 0.29) is 5.69 Å². The van der Waals surface area contributed by atoms with Crippen LogP contribution in [0.5, 0.6) is 0 Å². The third-order valence-corrected chi connectivity index (χ3v) is 3.32. The Morgan fingerprint density at radius 1 is 1.57 bits per heavy atom. The van der Waals surface area contributed by atoms with Crippen LogP contribution in [0.4, 0.5) is 0 Å². The minimum atomic E-state index is -0.237. The fraction of sp³-hybridized carbons (Fsp3) is 0.556. The topological polar surface area (TPSA) is 71.8 Å². The summed E-state index contributed by atoms with van der Waals surface area (Å²) in [6.07, 6.45) is 1.64. The molecular weight excluding hydrogens is 198 g/mol. The molecule has 0 saturated heterocycles. The first-order valence-corrected chi connectivity index (χ1v) is 5.85. The molecule has 3 N–H and O–H groups in total. The van der Waals surface area contributed by atoms with Gasteiger partial charge in [-0.3, -0.25) is 0 Å². The van der Waals surface area contributed by atoms with Crippen molar-refractivity contribution in [2.75, 3.05) is 12.3 Å². The minimum absolute atomic E-state index is 0.237. The summed E-state index contributed by atoms with van der Waals surface area (Å²) in [6, 6.07) is 0. The summed E-state index contributed by atoms with van der Waals surface area (Å²) in [5, 5.41) is 0. The number of aromatic nitrogens is 2. The molecule has 4 nitrogen and oxygen atoms in total. The number of aromatic amines is 1. The Balaban J connectivity index is 2.47. The highest BCUT2D eigenvalue weighted by atomic mass is 32.2. The summed E-state index contributed by atoms with van der Waals surface area (Å²) in [7, 11) is 0. The van der Waals surface area contributed by atoms with Crippen molar-refractivity contribution in [3.05, 3.63) is 27.4 Å². The zero-order chi connectivity index (χ0) is 9.97. The van der Waals surface area contributed by atoms with E-state index in [4.69, 9.17) is 5.73 Å². The number of hydrogen-bond donors (Lipinski definition) is 2. The monoisotopic (exact) mass is 211 g/mol. The first-order chi connectivity index (χ1) is 6.81. The summed E-state index contributed by atoms with van der Waals surface area (Å²) in [6.45, 7) is 0.549. The Kier molecular flexibility index (Phi) is 2.88. The molecule has 0 fully saturated rings. The largest absolute Gasteiger partial charge is 0.345 e. The van der Waals surface area contributed by atoms with Gasteiger partial charge in [0.05, 0.1) is 5.69 Å². The van der Waals surface area contributed by atoms with E-state index in [1.54, 1.807) is 0 Å². The van der Waals surface area contributed by atoms with Crippen molar-refractivity contribution in [1.82, 2.24) is 9.97 Å². The highest BCUT2D eigenvalue weighted by molar-refractivity contribution is 7.98. The van der Waals surface area contributed by atoms with Gasteiger partial charge in [-0.05, 0) is 18.7 Å². The molecule has 0 aromatic carbocycles. The zero-order valence-electron chi connectivity index (χ0n) is 7.88. The summed E-state index contributed by atoms with van der Waals surface area (Å²) in [5.74, 6) is 2.03. The molecule has 0 saturated carbocycles. The number of H-pyrrole nitrogens is 1. The SMILES string of the molecule is NCCc1nc(=O)[nH]c2c1CSCC2. The molecule has 0 spiro atoms. The lowest BCUT2D eigenvalue weighted by molar-refractivity contribution is 0.831. The molecule has 1 aliphatic rings. The average molecular weight is 211 g/mol. The fourth-order valence-corrected chi connectivity index (χ4v) is 2.71. The third kappa shape index (κ3) is 1.83. The molecule has 5 heteroatoms. The summed E-state index contributed by atoms with van der Waals surface area (Å²) in [5.41, 5.74) is 8.40. The van der Waals surface area contributed by atoms with Gasteiger partial charge >= 0.3 is 5.69 Å². The Bertz CT molecular complexity index is 388. The van der Waals surface area contributed by atoms with Gasteiger partial charge in [0.15, 0.2) is 0 Å². The molecule has 1 aromatic heterocycles. The van der Waals surface area contributed by atoms with E-state index in [2.05, 4.69) is 9.97 Å². The average Bonchev–Trinajstić information content (AvgIpc) is 2.18. The van der Waals surface area contributed by atoms with Crippen LogP contribution in [0, 0.1) is 0 Å². The van der Waals surface area contributed by atoms with Crippen LogP contribution in [0.15, 0.2) is 4.79 Å². The van der Waals surface area contributed by atoms with Gasteiger partial charge in [0, 0.05) is 23.4 Å². The first-order valence-electron chi connectivity index (χ1n) is 4.70. The van der Waals surface area contributed by atoms with Crippen molar-refractivity contribution >= 4 is 11.8 Å². The highest BCUT2D eigenvalue weighted by Crippen LogP contribution is 2.23. The maximum atomic E-state index is 11.2. The second-order valence-corrected chi connectivity index (χ2v) is 4.39. The molecule has 1 aromatic rings. The normalized spacial score (nSPS) is 15.2. The van der Waals surface area contributed by atoms with Gasteiger partial charge in [-0.1, -0.05) is 0 Å². The Morgan fingerprint density at radius 3 is 3.21 bits per heavy atom. The standard InChI is InChI=1S/C9H13N3OS/c10-3-1-7-6-5-14-4-2-8(6)12-9(13)11-7/h1-5,10H2,(H,11,12,13). The van der Waals surface area contributed by atoms with Crippen LogP contribution in [-0.2, 0) is 18.6 Å². The van der Waals surface area contributed by atoms with Crippen molar-refractivity contribution in [3.63, 3.8) is 0 Å². The van der Waals surface area contributed by atoms with E-state index >= 15 is 0 Å². The van der Waals surface area contributed by atoms with Gasteiger partial charge in [0.25, 0.3) is 0 Å². The number of nitrogens with one attached hydrogen (secondary N) is 1. The predicted octanol–water partition coefficient (Wildman–Crippen LogP) is 0.0604. The van der Waals surface area contributed by atoms with Gasteiger partial charge in [-0.25, -0.2) is 4.79 Å². The fourth-order valence-electron chi connectivity index (χ4n) is 1.67. The van der Waals surface area contributed by atoms with Crippen molar-refractivity contribution < 1.29 is 0 Å². The number of thioether (sulfide) groups is 1. The van der Waals surface area contributed by atoms with Gasteiger partial charge in [0.2, 0.25) is 0 Å². The number of rotatable bonds is 2. The lowest BCUT2D eigenvalue weighted by Crippen LogP contribution is -2.22. The number of nitrogens with zero attached hydrogens (tertiary/aromatic N) is 1. The van der Waals surface area contributed by atoms with Crippen molar-refractivity contribution in [1.29, 1.82) is 0 Å². The summed E-state index contributed by atoms with van der Waals surface area (Å²) >= 11 is 1.88. The molecule has 0 amide bonds. The van der Waals surface area contributed by atoms with Gasteiger partial charge in [-0.2, -0.15) is 16.7 Å². The van der Waals surface area contributed by atoms with Crippen molar-refractivity contribution in [3.8, 4) is 0 Å². The van der Waals surface area contributed by atoms with Gasteiger partial charge in [-0.15, -0.1) is 0 Å². The van der Waals surface area contributed by atoms with E-state index in [0.717, 1.165) is 29.3 Å². The molecule has 0 bridgehead atoms. The van der Waals surface area contributed by atoms with Crippen LogP contribution in [0.25, 0.3) is 0 Å². The molecule has 0 aliphatic carbocycles. The lowest BCUT2D eigenvalue weighted by Gasteiger charge is -2.17. The van der Waals surface area contributed by atoms with E-state index < -0.39 is 0 Å². The third-order valence-electron chi connectivity index (χ3n) is 2.33. The lowest BCUT2D eigenvalue weighted by atomic mass is 10.1. The smallest absolute Gasteiger partial charge is 0.330 e. The Morgan fingerprint density at radius 2 is 2.43 bits per heavy atom. The van der Waals surface area contributed by atoms with Crippen molar-refractivity contribution in [2.45, 2.75) is 18.6 Å². The van der Waals surface area contributed by atoms with Crippen LogP contribution in [-0.4, -0.2) is 22.3 Å². The second-order valence-electron chi connectivity index (χ2n) is 3.29. The molecule has 2 heterocycles. The first kappa shape index (κ1) is 9.73. The van der Waals surface area contributed by atoms with E-state index in [0.29, 0.717) is 13.0 Å². The molecule has 76 valence electrons. The zero-order valence-corrected chi connectivity index (χ0v) is 8.69. The quantitative estimate of drug-likeness (QED) is 0.725. The van der Waals surface area contributed by atoms with Crippen LogP contribution < -0.4 is 11.4 Å². The van der Waals surface area contributed by atoms with Crippen LogP contribution in [0.1, 0.15) is 17.0 Å². The molecule has 0 atom stereocenters. The Hall–Kier alpha value is -0.810. The number of nitrogens with two attached hydrogens (primary N) is 1. The maximum Gasteiger partial charge on any atom is 0.345 e. The second kappa shape index (κ2) is 4.14. The number of fused-ring (bicyclic) bond motifs is 1. The minimum Gasteiger partial charge on any atom is -0.330 e. The van der Waals surface area contributed by atoms with Crippen LogP contribution in [0.3, 0.4) is 0 Å². The van der Waals surface area contributed by atoms with Crippen LogP contribution in [0.2, 0.25) is 0 Å². The molecular formula is C9H13N3OS. The predicted molar refractivity (Wildman–Crippen MR) is 57.5 cm³/mol. The molecule has 2 rings (SSSR count). The number of hydrogen-bond acceptors (Lipinski definition) is 4. The van der Waals surface area contributed by atoms with E-state index in [9.17, 15) is 4.79 Å². The van der Waals surface area contributed by atoms with Crippen LogP contribution >= 0.6 is 11.8 Å². The van der Waals surface area contributed by atoms with E-state index in [1.807, 2.05) is 11.8 Å².